The van der Waals surface area contributed by atoms with Crippen LogP contribution in [0.3, 0.4) is 0 Å². The minimum atomic E-state index is -0.483. The summed E-state index contributed by atoms with van der Waals surface area (Å²) >= 11 is 0. The molecule has 1 fully saturated rings. The third-order valence-electron chi connectivity index (χ3n) is 4.74. The second-order valence-corrected chi connectivity index (χ2v) is 6.69. The Bertz CT molecular complexity index is 670. The lowest BCUT2D eigenvalue weighted by Gasteiger charge is -2.36. The Morgan fingerprint density at radius 2 is 1.88 bits per heavy atom. The molecule has 2 aromatic rings. The fraction of sp³-hybridized carbons (Fsp3) is 0.450. The molecule has 5 heteroatoms. The number of benzene rings is 1. The molecule has 5 nitrogen and oxygen atoms in total. The fourth-order valence-corrected chi connectivity index (χ4v) is 3.05. The highest BCUT2D eigenvalue weighted by Crippen LogP contribution is 2.17. The number of rotatable bonds is 6. The van der Waals surface area contributed by atoms with Crippen LogP contribution >= 0.6 is 0 Å². The van der Waals surface area contributed by atoms with Crippen LogP contribution in [0.25, 0.3) is 0 Å². The van der Waals surface area contributed by atoms with Gasteiger partial charge in [0.2, 0.25) is 0 Å². The van der Waals surface area contributed by atoms with Gasteiger partial charge in [0.05, 0.1) is 0 Å². The van der Waals surface area contributed by atoms with E-state index in [2.05, 4.69) is 28.6 Å². The zero-order chi connectivity index (χ0) is 17.6. The summed E-state index contributed by atoms with van der Waals surface area (Å²) in [4.78, 5) is 8.97. The van der Waals surface area contributed by atoms with Crippen molar-refractivity contribution in [2.75, 3.05) is 44.2 Å². The molecule has 0 unspecified atom stereocenters. The Hall–Kier alpha value is -2.11. The van der Waals surface area contributed by atoms with Crippen LogP contribution in [0.4, 0.5) is 5.82 Å². The van der Waals surface area contributed by atoms with Crippen LogP contribution in [-0.4, -0.2) is 60.4 Å². The summed E-state index contributed by atoms with van der Waals surface area (Å²) < 4.78 is 5.74. The molecular weight excluding hydrogens is 314 g/mol. The van der Waals surface area contributed by atoms with Gasteiger partial charge in [0.15, 0.2) is 0 Å². The SMILES string of the molecule is Cc1ccc(OC[C@H](O)CN2CCN(c3ccccn3)CC2)cc1C. The highest BCUT2D eigenvalue weighted by molar-refractivity contribution is 5.38. The molecule has 0 aliphatic carbocycles. The smallest absolute Gasteiger partial charge is 0.128 e. The third kappa shape index (κ3) is 4.94. The van der Waals surface area contributed by atoms with Gasteiger partial charge in [-0.3, -0.25) is 4.90 Å². The number of aryl methyl sites for hydroxylation is 2. The summed E-state index contributed by atoms with van der Waals surface area (Å²) in [6.07, 6.45) is 1.35. The number of piperazine rings is 1. The lowest BCUT2D eigenvalue weighted by molar-refractivity contribution is 0.0662. The zero-order valence-electron chi connectivity index (χ0n) is 15.1. The molecule has 1 saturated heterocycles. The largest absolute Gasteiger partial charge is 0.491 e. The van der Waals surface area contributed by atoms with E-state index in [1.165, 1.54) is 11.1 Å². The Kier molecular flexibility index (Phi) is 5.89. The van der Waals surface area contributed by atoms with Crippen LogP contribution in [-0.2, 0) is 0 Å². The highest BCUT2D eigenvalue weighted by atomic mass is 16.5. The number of ether oxygens (including phenoxy) is 1. The Morgan fingerprint density at radius 3 is 2.56 bits per heavy atom. The maximum Gasteiger partial charge on any atom is 0.128 e. The summed E-state index contributed by atoms with van der Waals surface area (Å²) in [5.74, 6) is 1.85. The first-order valence-electron chi connectivity index (χ1n) is 8.88. The normalized spacial score (nSPS) is 16.7. The van der Waals surface area contributed by atoms with Gasteiger partial charge in [0, 0.05) is 38.9 Å². The van der Waals surface area contributed by atoms with E-state index in [9.17, 15) is 5.11 Å². The summed E-state index contributed by atoms with van der Waals surface area (Å²) in [5.41, 5.74) is 2.45. The molecule has 1 aliphatic rings. The second-order valence-electron chi connectivity index (χ2n) is 6.69. The van der Waals surface area contributed by atoms with Gasteiger partial charge in [-0.2, -0.15) is 0 Å². The van der Waals surface area contributed by atoms with Gasteiger partial charge in [-0.05, 0) is 49.2 Å². The van der Waals surface area contributed by atoms with Gasteiger partial charge in [-0.1, -0.05) is 12.1 Å². The molecule has 0 bridgehead atoms. The summed E-state index contributed by atoms with van der Waals surface area (Å²) in [5, 5.41) is 10.3. The number of hydrogen-bond donors (Lipinski definition) is 1. The molecule has 0 amide bonds. The molecule has 1 aromatic carbocycles. The predicted octanol–water partition coefficient (Wildman–Crippen LogP) is 2.26. The number of pyridine rings is 1. The quantitative estimate of drug-likeness (QED) is 0.873. The number of anilines is 1. The molecular formula is C20H27N3O2. The van der Waals surface area contributed by atoms with E-state index in [1.54, 1.807) is 0 Å². The number of aliphatic hydroxyl groups excluding tert-OH is 1. The van der Waals surface area contributed by atoms with Crippen LogP contribution in [0.1, 0.15) is 11.1 Å². The number of nitrogens with zero attached hydrogens (tertiary/aromatic N) is 3. The fourth-order valence-electron chi connectivity index (χ4n) is 3.05. The first kappa shape index (κ1) is 17.7. The van der Waals surface area contributed by atoms with Crippen molar-refractivity contribution in [2.24, 2.45) is 0 Å². The van der Waals surface area contributed by atoms with Gasteiger partial charge in [0.25, 0.3) is 0 Å². The van der Waals surface area contributed by atoms with Crippen LogP contribution < -0.4 is 9.64 Å². The first-order chi connectivity index (χ1) is 12.1. The average molecular weight is 341 g/mol. The van der Waals surface area contributed by atoms with Crippen LogP contribution in [0.2, 0.25) is 0 Å². The zero-order valence-corrected chi connectivity index (χ0v) is 15.1. The van der Waals surface area contributed by atoms with Crippen molar-refractivity contribution in [1.29, 1.82) is 0 Å². The standard InChI is InChI=1S/C20H27N3O2/c1-16-6-7-19(13-17(16)2)25-15-18(24)14-22-9-11-23(12-10-22)20-5-3-4-8-21-20/h3-8,13,18,24H,9-12,14-15H2,1-2H3/t18-/m1/s1. The number of aliphatic hydroxyl groups is 1. The summed E-state index contributed by atoms with van der Waals surface area (Å²) in [6.45, 7) is 8.83. The maximum atomic E-state index is 10.3. The second kappa shape index (κ2) is 8.32. The van der Waals surface area contributed by atoms with Gasteiger partial charge < -0.3 is 14.7 Å². The van der Waals surface area contributed by atoms with Crippen molar-refractivity contribution in [3.63, 3.8) is 0 Å². The van der Waals surface area contributed by atoms with Crippen LogP contribution in [0.15, 0.2) is 42.6 Å². The molecule has 1 atom stereocenters. The summed E-state index contributed by atoms with van der Waals surface area (Å²) in [7, 11) is 0. The van der Waals surface area contributed by atoms with Crippen molar-refractivity contribution in [2.45, 2.75) is 20.0 Å². The minimum absolute atomic E-state index is 0.322. The molecule has 1 N–H and O–H groups in total. The molecule has 0 saturated carbocycles. The topological polar surface area (TPSA) is 48.8 Å². The molecule has 134 valence electrons. The van der Waals surface area contributed by atoms with Crippen molar-refractivity contribution in [3.8, 4) is 5.75 Å². The van der Waals surface area contributed by atoms with E-state index < -0.39 is 6.10 Å². The van der Waals surface area contributed by atoms with Crippen LogP contribution in [0.5, 0.6) is 5.75 Å². The van der Waals surface area contributed by atoms with Crippen molar-refractivity contribution >= 4 is 5.82 Å². The molecule has 3 rings (SSSR count). The molecule has 25 heavy (non-hydrogen) atoms. The number of hydrogen-bond acceptors (Lipinski definition) is 5. The van der Waals surface area contributed by atoms with E-state index in [4.69, 9.17) is 4.74 Å². The molecule has 0 radical (unpaired) electrons. The monoisotopic (exact) mass is 341 g/mol. The van der Waals surface area contributed by atoms with Crippen molar-refractivity contribution < 1.29 is 9.84 Å². The van der Waals surface area contributed by atoms with Crippen LogP contribution in [0, 0.1) is 13.8 Å². The van der Waals surface area contributed by atoms with Gasteiger partial charge >= 0.3 is 0 Å². The number of β-amino-alcohol motifs (C(OH)–C–C–N with tert-alkyl or cyclic N) is 1. The molecule has 1 aliphatic heterocycles. The average Bonchev–Trinajstić information content (AvgIpc) is 2.64. The predicted molar refractivity (Wildman–Crippen MR) is 100 cm³/mol. The van der Waals surface area contributed by atoms with E-state index in [0.717, 1.165) is 37.7 Å². The van der Waals surface area contributed by atoms with Gasteiger partial charge in [0.1, 0.15) is 24.3 Å². The van der Waals surface area contributed by atoms with Gasteiger partial charge in [-0.15, -0.1) is 0 Å². The maximum absolute atomic E-state index is 10.3. The van der Waals surface area contributed by atoms with E-state index in [-0.39, 0.29) is 0 Å². The molecule has 1 aromatic heterocycles. The van der Waals surface area contributed by atoms with Crippen molar-refractivity contribution in [1.82, 2.24) is 9.88 Å². The van der Waals surface area contributed by atoms with E-state index in [0.29, 0.717) is 13.2 Å². The van der Waals surface area contributed by atoms with Crippen molar-refractivity contribution in [3.05, 3.63) is 53.7 Å². The lowest BCUT2D eigenvalue weighted by atomic mass is 10.1. The Balaban J connectivity index is 1.41. The number of aromatic nitrogens is 1. The van der Waals surface area contributed by atoms with E-state index in [1.807, 2.05) is 42.6 Å². The third-order valence-corrected chi connectivity index (χ3v) is 4.74. The first-order valence-corrected chi connectivity index (χ1v) is 8.88. The van der Waals surface area contributed by atoms with Gasteiger partial charge in [-0.25, -0.2) is 4.98 Å². The Morgan fingerprint density at radius 1 is 1.08 bits per heavy atom. The van der Waals surface area contributed by atoms with E-state index >= 15 is 0 Å². The molecule has 0 spiro atoms. The summed E-state index contributed by atoms with van der Waals surface area (Å²) in [6, 6.07) is 12.0. The Labute approximate surface area is 149 Å². The lowest BCUT2D eigenvalue weighted by Crippen LogP contribution is -2.49. The molecule has 2 heterocycles. The highest BCUT2D eigenvalue weighted by Gasteiger charge is 2.20. The minimum Gasteiger partial charge on any atom is -0.491 e.